The first-order valence-corrected chi connectivity index (χ1v) is 5.34. The summed E-state index contributed by atoms with van der Waals surface area (Å²) in [4.78, 5) is 2.72. The fourth-order valence-corrected chi connectivity index (χ4v) is 2.16. The third-order valence-electron chi connectivity index (χ3n) is 3.09. The van der Waals surface area contributed by atoms with Gasteiger partial charge in [-0.2, -0.15) is 0 Å². The SMILES string of the molecule is CC1CCNCCCN1C1CC1. The minimum atomic E-state index is 0.810. The summed E-state index contributed by atoms with van der Waals surface area (Å²) in [6.07, 6.45) is 5.58. The highest BCUT2D eigenvalue weighted by molar-refractivity contribution is 4.88. The molecule has 2 rings (SSSR count). The molecule has 1 heterocycles. The molecule has 1 saturated heterocycles. The van der Waals surface area contributed by atoms with Crippen LogP contribution in [0, 0.1) is 0 Å². The van der Waals surface area contributed by atoms with Gasteiger partial charge in [0.25, 0.3) is 0 Å². The molecule has 1 atom stereocenters. The highest BCUT2D eigenvalue weighted by Gasteiger charge is 2.31. The van der Waals surface area contributed by atoms with Gasteiger partial charge in [-0.1, -0.05) is 0 Å². The summed E-state index contributed by atoms with van der Waals surface area (Å²) in [6, 6.07) is 1.77. The maximum absolute atomic E-state index is 3.47. The van der Waals surface area contributed by atoms with E-state index in [2.05, 4.69) is 17.1 Å². The van der Waals surface area contributed by atoms with Crippen molar-refractivity contribution in [3.05, 3.63) is 0 Å². The van der Waals surface area contributed by atoms with Crippen molar-refractivity contribution in [3.63, 3.8) is 0 Å². The second-order valence-corrected chi connectivity index (χ2v) is 4.21. The van der Waals surface area contributed by atoms with E-state index in [0.717, 1.165) is 12.1 Å². The molecule has 2 fully saturated rings. The van der Waals surface area contributed by atoms with Crippen LogP contribution < -0.4 is 5.32 Å². The molecule has 12 heavy (non-hydrogen) atoms. The van der Waals surface area contributed by atoms with Gasteiger partial charge < -0.3 is 5.32 Å². The van der Waals surface area contributed by atoms with Crippen LogP contribution in [0.2, 0.25) is 0 Å². The van der Waals surface area contributed by atoms with E-state index in [1.54, 1.807) is 0 Å². The van der Waals surface area contributed by atoms with Crippen molar-refractivity contribution in [2.24, 2.45) is 0 Å². The third-order valence-corrected chi connectivity index (χ3v) is 3.09. The molecule has 2 heteroatoms. The number of hydrogen-bond donors (Lipinski definition) is 1. The lowest BCUT2D eigenvalue weighted by molar-refractivity contribution is 0.176. The zero-order valence-electron chi connectivity index (χ0n) is 8.05. The molecule has 1 N–H and O–H groups in total. The monoisotopic (exact) mass is 168 g/mol. The van der Waals surface area contributed by atoms with E-state index in [-0.39, 0.29) is 0 Å². The minimum Gasteiger partial charge on any atom is -0.317 e. The van der Waals surface area contributed by atoms with Gasteiger partial charge in [0.15, 0.2) is 0 Å². The van der Waals surface area contributed by atoms with Crippen LogP contribution in [0.25, 0.3) is 0 Å². The number of nitrogens with one attached hydrogen (secondary N) is 1. The Bertz CT molecular complexity index is 143. The average molecular weight is 168 g/mol. The lowest BCUT2D eigenvalue weighted by Crippen LogP contribution is -2.41. The van der Waals surface area contributed by atoms with Crippen LogP contribution in [0.15, 0.2) is 0 Å². The van der Waals surface area contributed by atoms with Gasteiger partial charge in [-0.15, -0.1) is 0 Å². The summed E-state index contributed by atoms with van der Waals surface area (Å²) in [6.45, 7) is 6.13. The lowest BCUT2D eigenvalue weighted by Gasteiger charge is -2.31. The van der Waals surface area contributed by atoms with Crippen molar-refractivity contribution in [1.29, 1.82) is 0 Å². The van der Waals surface area contributed by atoms with Crippen molar-refractivity contribution < 1.29 is 0 Å². The highest BCUT2D eigenvalue weighted by atomic mass is 15.2. The molecule has 1 aliphatic heterocycles. The molecular weight excluding hydrogens is 148 g/mol. The van der Waals surface area contributed by atoms with Crippen LogP contribution in [-0.4, -0.2) is 36.6 Å². The molecule has 1 aliphatic carbocycles. The van der Waals surface area contributed by atoms with Crippen LogP contribution in [0.4, 0.5) is 0 Å². The molecule has 2 nitrogen and oxygen atoms in total. The van der Waals surface area contributed by atoms with Gasteiger partial charge >= 0.3 is 0 Å². The van der Waals surface area contributed by atoms with Gasteiger partial charge in [0.2, 0.25) is 0 Å². The Hall–Kier alpha value is -0.0800. The van der Waals surface area contributed by atoms with Gasteiger partial charge in [-0.05, 0) is 52.2 Å². The second-order valence-electron chi connectivity index (χ2n) is 4.21. The molecule has 0 aromatic rings. The van der Waals surface area contributed by atoms with Crippen molar-refractivity contribution in [2.75, 3.05) is 19.6 Å². The van der Waals surface area contributed by atoms with E-state index in [1.807, 2.05) is 0 Å². The Morgan fingerprint density at radius 2 is 2.00 bits per heavy atom. The lowest BCUT2D eigenvalue weighted by atomic mass is 10.1. The van der Waals surface area contributed by atoms with E-state index in [0.29, 0.717) is 0 Å². The molecule has 70 valence electrons. The molecule has 1 unspecified atom stereocenters. The standard InChI is InChI=1S/C10H20N2/c1-9-5-7-11-6-2-8-12(9)10-3-4-10/h9-11H,2-8H2,1H3. The molecular formula is C10H20N2. The number of hydrogen-bond acceptors (Lipinski definition) is 2. The van der Waals surface area contributed by atoms with E-state index < -0.39 is 0 Å². The summed E-state index contributed by atoms with van der Waals surface area (Å²) < 4.78 is 0. The third kappa shape index (κ3) is 1.99. The van der Waals surface area contributed by atoms with Crippen LogP contribution in [-0.2, 0) is 0 Å². The molecule has 2 aliphatic rings. The fourth-order valence-electron chi connectivity index (χ4n) is 2.16. The Morgan fingerprint density at radius 1 is 1.17 bits per heavy atom. The average Bonchev–Trinajstić information content (AvgIpc) is 2.81. The normalized spacial score (nSPS) is 34.2. The predicted octanol–water partition coefficient (Wildman–Crippen LogP) is 1.22. The first kappa shape index (κ1) is 8.52. The van der Waals surface area contributed by atoms with Gasteiger partial charge in [0.1, 0.15) is 0 Å². The van der Waals surface area contributed by atoms with Crippen LogP contribution >= 0.6 is 0 Å². The Balaban J connectivity index is 1.87. The van der Waals surface area contributed by atoms with E-state index in [9.17, 15) is 0 Å². The predicted molar refractivity (Wildman–Crippen MR) is 51.3 cm³/mol. The number of nitrogens with zero attached hydrogens (tertiary/aromatic N) is 1. The Kier molecular flexibility index (Phi) is 2.66. The van der Waals surface area contributed by atoms with Crippen molar-refractivity contribution in [3.8, 4) is 0 Å². The van der Waals surface area contributed by atoms with Gasteiger partial charge in [-0.25, -0.2) is 0 Å². The molecule has 0 radical (unpaired) electrons. The molecule has 0 aromatic heterocycles. The largest absolute Gasteiger partial charge is 0.317 e. The first-order valence-electron chi connectivity index (χ1n) is 5.34. The van der Waals surface area contributed by atoms with Crippen molar-refractivity contribution >= 4 is 0 Å². The van der Waals surface area contributed by atoms with Gasteiger partial charge in [-0.3, -0.25) is 4.90 Å². The van der Waals surface area contributed by atoms with Crippen LogP contribution in [0.3, 0.4) is 0 Å². The zero-order chi connectivity index (χ0) is 8.39. The summed E-state index contributed by atoms with van der Waals surface area (Å²) >= 11 is 0. The van der Waals surface area contributed by atoms with Crippen LogP contribution in [0.5, 0.6) is 0 Å². The second kappa shape index (κ2) is 3.75. The summed E-state index contributed by atoms with van der Waals surface area (Å²) in [5.41, 5.74) is 0. The summed E-state index contributed by atoms with van der Waals surface area (Å²) in [5, 5.41) is 3.47. The summed E-state index contributed by atoms with van der Waals surface area (Å²) in [7, 11) is 0. The smallest absolute Gasteiger partial charge is 0.00992 e. The zero-order valence-corrected chi connectivity index (χ0v) is 8.05. The highest BCUT2D eigenvalue weighted by Crippen LogP contribution is 2.29. The summed E-state index contributed by atoms with van der Waals surface area (Å²) in [5.74, 6) is 0. The fraction of sp³-hybridized carbons (Fsp3) is 1.00. The molecule has 0 amide bonds. The van der Waals surface area contributed by atoms with Gasteiger partial charge in [0, 0.05) is 12.1 Å². The van der Waals surface area contributed by atoms with E-state index >= 15 is 0 Å². The van der Waals surface area contributed by atoms with Crippen molar-refractivity contribution in [1.82, 2.24) is 10.2 Å². The van der Waals surface area contributed by atoms with Crippen LogP contribution in [0.1, 0.15) is 32.6 Å². The first-order chi connectivity index (χ1) is 5.88. The quantitative estimate of drug-likeness (QED) is 0.633. The maximum atomic E-state index is 3.47. The molecule has 0 bridgehead atoms. The number of rotatable bonds is 1. The van der Waals surface area contributed by atoms with E-state index in [4.69, 9.17) is 0 Å². The van der Waals surface area contributed by atoms with Crippen molar-refractivity contribution in [2.45, 2.75) is 44.7 Å². The molecule has 1 saturated carbocycles. The molecule has 0 aromatic carbocycles. The minimum absolute atomic E-state index is 0.810. The topological polar surface area (TPSA) is 15.3 Å². The van der Waals surface area contributed by atoms with Gasteiger partial charge in [0.05, 0.1) is 0 Å². The Labute approximate surface area is 75.3 Å². The Morgan fingerprint density at radius 3 is 2.75 bits per heavy atom. The maximum Gasteiger partial charge on any atom is 0.00992 e. The van der Waals surface area contributed by atoms with E-state index in [1.165, 1.54) is 45.3 Å². The molecule has 0 spiro atoms.